The summed E-state index contributed by atoms with van der Waals surface area (Å²) >= 11 is 11.3. The Hall–Kier alpha value is -0.610. The fraction of sp³-hybridized carbons (Fsp3) is 0.700. The van der Waals surface area contributed by atoms with Crippen molar-refractivity contribution in [1.29, 1.82) is 0 Å². The van der Waals surface area contributed by atoms with Gasteiger partial charge in [-0.25, -0.2) is 0 Å². The summed E-state index contributed by atoms with van der Waals surface area (Å²) < 4.78 is 0. The number of rotatable bonds is 3. The van der Waals surface area contributed by atoms with Gasteiger partial charge >= 0.3 is 0 Å². The van der Waals surface area contributed by atoms with E-state index in [4.69, 9.17) is 23.2 Å². The van der Waals surface area contributed by atoms with E-state index in [-0.39, 0.29) is 16.0 Å². The number of halogens is 2. The molecule has 0 saturated carbocycles. The third-order valence-corrected chi connectivity index (χ3v) is 2.96. The van der Waals surface area contributed by atoms with Gasteiger partial charge in [0.25, 0.3) is 0 Å². The standard InChI is InChI=1S/C10H16Cl2N4/c1-6(10(2,3)4)5-13-9-15-7(11)14-8(12)16-9/h6H,5H2,1-4H3,(H,13,14,15,16). The first-order chi connectivity index (χ1) is 7.29. The Labute approximate surface area is 106 Å². The largest absolute Gasteiger partial charge is 0.354 e. The second-order valence-electron chi connectivity index (χ2n) is 4.85. The molecule has 1 rings (SSSR count). The van der Waals surface area contributed by atoms with E-state index in [0.29, 0.717) is 11.9 Å². The van der Waals surface area contributed by atoms with Crippen molar-refractivity contribution >= 4 is 29.2 Å². The van der Waals surface area contributed by atoms with Crippen LogP contribution in [0.25, 0.3) is 0 Å². The van der Waals surface area contributed by atoms with Gasteiger partial charge in [0.1, 0.15) is 0 Å². The summed E-state index contributed by atoms with van der Waals surface area (Å²) in [5.74, 6) is 0.892. The summed E-state index contributed by atoms with van der Waals surface area (Å²) in [6, 6.07) is 0. The van der Waals surface area contributed by atoms with Crippen molar-refractivity contribution in [3.8, 4) is 0 Å². The molecule has 1 heterocycles. The smallest absolute Gasteiger partial charge is 0.228 e. The highest BCUT2D eigenvalue weighted by atomic mass is 35.5. The van der Waals surface area contributed by atoms with Gasteiger partial charge in [-0.15, -0.1) is 0 Å². The first kappa shape index (κ1) is 13.5. The van der Waals surface area contributed by atoms with Gasteiger partial charge in [0.05, 0.1) is 0 Å². The first-order valence-electron chi connectivity index (χ1n) is 5.10. The van der Waals surface area contributed by atoms with Gasteiger partial charge in [-0.2, -0.15) is 15.0 Å². The molecule has 90 valence electrons. The van der Waals surface area contributed by atoms with Crippen LogP contribution in [0.1, 0.15) is 27.7 Å². The highest BCUT2D eigenvalue weighted by molar-refractivity contribution is 6.31. The third-order valence-electron chi connectivity index (χ3n) is 2.63. The molecule has 0 aliphatic carbocycles. The van der Waals surface area contributed by atoms with Gasteiger partial charge < -0.3 is 5.32 Å². The summed E-state index contributed by atoms with van der Waals surface area (Å²) in [6.07, 6.45) is 0. The summed E-state index contributed by atoms with van der Waals surface area (Å²) in [5, 5.41) is 3.31. The lowest BCUT2D eigenvalue weighted by molar-refractivity contribution is 0.274. The molecule has 0 aliphatic heterocycles. The maximum absolute atomic E-state index is 5.67. The van der Waals surface area contributed by atoms with Crippen molar-refractivity contribution < 1.29 is 0 Å². The molecule has 1 N–H and O–H groups in total. The molecule has 16 heavy (non-hydrogen) atoms. The van der Waals surface area contributed by atoms with E-state index in [0.717, 1.165) is 6.54 Å². The van der Waals surface area contributed by atoms with E-state index in [2.05, 4.69) is 48.0 Å². The maximum Gasteiger partial charge on any atom is 0.228 e. The second-order valence-corrected chi connectivity index (χ2v) is 5.52. The summed E-state index contributed by atoms with van der Waals surface area (Å²) in [6.45, 7) is 9.49. The molecular formula is C10H16Cl2N4. The maximum atomic E-state index is 5.67. The molecule has 1 aromatic rings. The van der Waals surface area contributed by atoms with E-state index in [1.165, 1.54) is 0 Å². The summed E-state index contributed by atoms with van der Waals surface area (Å²) in [5.41, 5.74) is 0.230. The Balaban J connectivity index is 2.61. The molecule has 0 aliphatic rings. The van der Waals surface area contributed by atoms with Crippen molar-refractivity contribution in [3.63, 3.8) is 0 Å². The van der Waals surface area contributed by atoms with Crippen LogP contribution in [0.3, 0.4) is 0 Å². The first-order valence-corrected chi connectivity index (χ1v) is 5.85. The van der Waals surface area contributed by atoms with Gasteiger partial charge in [0.15, 0.2) is 0 Å². The van der Waals surface area contributed by atoms with E-state index >= 15 is 0 Å². The SMILES string of the molecule is CC(CNc1nc(Cl)nc(Cl)n1)C(C)(C)C. The molecule has 1 atom stereocenters. The van der Waals surface area contributed by atoms with Crippen molar-refractivity contribution in [2.45, 2.75) is 27.7 Å². The molecule has 1 unspecified atom stereocenters. The Morgan fingerprint density at radius 3 is 2.06 bits per heavy atom. The normalized spacial score (nSPS) is 13.6. The van der Waals surface area contributed by atoms with Gasteiger partial charge in [-0.05, 0) is 34.5 Å². The minimum Gasteiger partial charge on any atom is -0.354 e. The van der Waals surface area contributed by atoms with Crippen molar-refractivity contribution in [2.24, 2.45) is 11.3 Å². The zero-order valence-electron chi connectivity index (χ0n) is 9.88. The van der Waals surface area contributed by atoms with Crippen molar-refractivity contribution in [1.82, 2.24) is 15.0 Å². The van der Waals surface area contributed by atoms with Crippen LogP contribution in [0, 0.1) is 11.3 Å². The molecule has 0 fully saturated rings. The molecule has 0 saturated heterocycles. The monoisotopic (exact) mass is 262 g/mol. The minimum atomic E-state index is 0.103. The van der Waals surface area contributed by atoms with Crippen LogP contribution in [0.5, 0.6) is 0 Å². The molecule has 1 aromatic heterocycles. The van der Waals surface area contributed by atoms with Gasteiger partial charge in [-0.1, -0.05) is 27.7 Å². The van der Waals surface area contributed by atoms with Gasteiger partial charge in [0, 0.05) is 6.54 Å². The number of aromatic nitrogens is 3. The summed E-state index contributed by atoms with van der Waals surface area (Å²) in [7, 11) is 0. The Kier molecular flexibility index (Phi) is 4.33. The summed E-state index contributed by atoms with van der Waals surface area (Å²) in [4.78, 5) is 11.6. The molecular weight excluding hydrogens is 247 g/mol. The number of hydrogen-bond donors (Lipinski definition) is 1. The fourth-order valence-electron chi connectivity index (χ4n) is 0.956. The lowest BCUT2D eigenvalue weighted by Crippen LogP contribution is -2.25. The highest BCUT2D eigenvalue weighted by Gasteiger charge is 2.19. The average Bonchev–Trinajstić information content (AvgIpc) is 2.11. The van der Waals surface area contributed by atoms with Crippen LogP contribution in [0.4, 0.5) is 5.95 Å². The molecule has 0 bridgehead atoms. The lowest BCUT2D eigenvalue weighted by Gasteiger charge is -2.27. The molecule has 6 heteroatoms. The van der Waals surface area contributed by atoms with Gasteiger partial charge in [0.2, 0.25) is 16.5 Å². The van der Waals surface area contributed by atoms with E-state index < -0.39 is 0 Å². The van der Waals surface area contributed by atoms with Gasteiger partial charge in [-0.3, -0.25) is 0 Å². The number of nitrogens with one attached hydrogen (secondary N) is 1. The zero-order chi connectivity index (χ0) is 12.3. The molecule has 4 nitrogen and oxygen atoms in total. The lowest BCUT2D eigenvalue weighted by atomic mass is 9.82. The van der Waals surface area contributed by atoms with Crippen LogP contribution < -0.4 is 5.32 Å². The van der Waals surface area contributed by atoms with E-state index in [1.54, 1.807) is 0 Å². The van der Waals surface area contributed by atoms with E-state index in [9.17, 15) is 0 Å². The Morgan fingerprint density at radius 1 is 1.12 bits per heavy atom. The third kappa shape index (κ3) is 4.10. The van der Waals surface area contributed by atoms with Crippen LogP contribution >= 0.6 is 23.2 Å². The number of anilines is 1. The van der Waals surface area contributed by atoms with Crippen LogP contribution in [-0.2, 0) is 0 Å². The topological polar surface area (TPSA) is 50.7 Å². The number of nitrogens with zero attached hydrogens (tertiary/aromatic N) is 3. The average molecular weight is 263 g/mol. The molecule has 0 radical (unpaired) electrons. The Bertz CT molecular complexity index is 342. The predicted molar refractivity (Wildman–Crippen MR) is 67.0 cm³/mol. The second kappa shape index (κ2) is 5.15. The quantitative estimate of drug-likeness (QED) is 0.909. The minimum absolute atomic E-state index is 0.103. The fourth-order valence-corrected chi connectivity index (χ4v) is 1.32. The van der Waals surface area contributed by atoms with Crippen LogP contribution in [0.2, 0.25) is 10.6 Å². The molecule has 0 spiro atoms. The Morgan fingerprint density at radius 2 is 1.62 bits per heavy atom. The van der Waals surface area contributed by atoms with Crippen molar-refractivity contribution in [2.75, 3.05) is 11.9 Å². The van der Waals surface area contributed by atoms with Crippen LogP contribution in [0.15, 0.2) is 0 Å². The van der Waals surface area contributed by atoms with Crippen LogP contribution in [-0.4, -0.2) is 21.5 Å². The van der Waals surface area contributed by atoms with Crippen molar-refractivity contribution in [3.05, 3.63) is 10.6 Å². The van der Waals surface area contributed by atoms with E-state index in [1.807, 2.05) is 0 Å². The highest BCUT2D eigenvalue weighted by Crippen LogP contribution is 2.25. The predicted octanol–water partition coefficient (Wildman–Crippen LogP) is 3.27. The number of hydrogen-bond acceptors (Lipinski definition) is 4. The molecule has 0 amide bonds. The zero-order valence-corrected chi connectivity index (χ0v) is 11.4. The molecule has 0 aromatic carbocycles.